The number of nitrogens with two attached hydrogens (primary N) is 1. The molecule has 0 saturated heterocycles. The van der Waals surface area contributed by atoms with Crippen molar-refractivity contribution in [3.05, 3.63) is 30.1 Å². The quantitative estimate of drug-likeness (QED) is 0.404. The highest BCUT2D eigenvalue weighted by atomic mass is 32.1. The summed E-state index contributed by atoms with van der Waals surface area (Å²) in [5.41, 5.74) is 0.648. The van der Waals surface area contributed by atoms with Crippen molar-refractivity contribution in [3.8, 4) is 0 Å². The molecule has 4 N–H and O–H groups in total. The van der Waals surface area contributed by atoms with Crippen LogP contribution in [-0.2, 0) is 0 Å². The summed E-state index contributed by atoms with van der Waals surface area (Å²) in [6.45, 7) is 0.161. The van der Waals surface area contributed by atoms with Gasteiger partial charge >= 0.3 is 0 Å². The van der Waals surface area contributed by atoms with Gasteiger partial charge < -0.3 is 10.4 Å². The number of aliphatic hydroxyl groups is 1. The molecule has 0 atom stereocenters. The average molecular weight is 229 g/mol. The number of benzene rings is 1. The van der Waals surface area contributed by atoms with Gasteiger partial charge in [-0.15, -0.1) is 0 Å². The van der Waals surface area contributed by atoms with E-state index in [-0.39, 0.29) is 24.1 Å². The first-order valence-corrected chi connectivity index (χ1v) is 4.74. The van der Waals surface area contributed by atoms with E-state index in [0.717, 1.165) is 0 Å². The van der Waals surface area contributed by atoms with Crippen LogP contribution in [0, 0.1) is 5.82 Å². The number of hydrogen-bond acceptors (Lipinski definition) is 3. The molecule has 0 radical (unpaired) electrons. The predicted molar refractivity (Wildman–Crippen MR) is 60.6 cm³/mol. The fraction of sp³-hybridized carbons (Fsp3) is 0.222. The number of rotatable bonds is 3. The summed E-state index contributed by atoms with van der Waals surface area (Å²) >= 11 is 4.94. The van der Waals surface area contributed by atoms with Crippen molar-refractivity contribution < 1.29 is 9.50 Å². The Balaban J connectivity index is 2.54. The summed E-state index contributed by atoms with van der Waals surface area (Å²) in [5.74, 6) is 5.19. The Morgan fingerprint density at radius 2 is 2.07 bits per heavy atom. The maximum absolute atomic E-state index is 12.6. The normalized spacial score (nSPS) is 9.80. The first-order valence-electron chi connectivity index (χ1n) is 4.33. The lowest BCUT2D eigenvalue weighted by molar-refractivity contribution is 0.253. The number of anilines is 1. The second-order valence-electron chi connectivity index (χ2n) is 2.85. The Hall–Kier alpha value is -1.24. The van der Waals surface area contributed by atoms with E-state index in [1.54, 1.807) is 12.1 Å². The van der Waals surface area contributed by atoms with Gasteiger partial charge in [-0.05, 0) is 36.5 Å². The molecular weight excluding hydrogens is 217 g/mol. The zero-order chi connectivity index (χ0) is 11.3. The van der Waals surface area contributed by atoms with Gasteiger partial charge in [-0.3, -0.25) is 5.01 Å². The van der Waals surface area contributed by atoms with Gasteiger partial charge in [0.25, 0.3) is 0 Å². The van der Waals surface area contributed by atoms with Gasteiger partial charge in [-0.25, -0.2) is 10.2 Å². The van der Waals surface area contributed by atoms with Crippen molar-refractivity contribution in [1.29, 1.82) is 0 Å². The number of thiocarbonyl (C=S) groups is 1. The van der Waals surface area contributed by atoms with E-state index in [1.807, 2.05) is 0 Å². The van der Waals surface area contributed by atoms with Crippen LogP contribution in [0.3, 0.4) is 0 Å². The highest BCUT2D eigenvalue weighted by Gasteiger charge is 2.03. The number of hydrazine groups is 1. The van der Waals surface area contributed by atoms with Crippen LogP contribution in [0.5, 0.6) is 0 Å². The van der Waals surface area contributed by atoms with Crippen molar-refractivity contribution in [2.75, 3.05) is 18.5 Å². The molecule has 0 fully saturated rings. The first-order chi connectivity index (χ1) is 7.13. The topological polar surface area (TPSA) is 61.5 Å². The van der Waals surface area contributed by atoms with Gasteiger partial charge in [0.15, 0.2) is 5.11 Å². The van der Waals surface area contributed by atoms with E-state index in [9.17, 15) is 4.39 Å². The molecular formula is C9H12FN3OS. The Bertz CT molecular complexity index is 331. The molecule has 0 heterocycles. The van der Waals surface area contributed by atoms with Crippen molar-refractivity contribution >= 4 is 23.0 Å². The molecule has 1 aromatic rings. The van der Waals surface area contributed by atoms with Crippen molar-refractivity contribution in [2.45, 2.75) is 0 Å². The van der Waals surface area contributed by atoms with E-state index >= 15 is 0 Å². The second-order valence-corrected chi connectivity index (χ2v) is 3.24. The van der Waals surface area contributed by atoms with Crippen LogP contribution in [0.25, 0.3) is 0 Å². The molecule has 6 heteroatoms. The van der Waals surface area contributed by atoms with E-state index < -0.39 is 0 Å². The summed E-state index contributed by atoms with van der Waals surface area (Å²) in [7, 11) is 0. The Kier molecular flexibility index (Phi) is 4.41. The van der Waals surface area contributed by atoms with Crippen molar-refractivity contribution in [1.82, 2.24) is 5.01 Å². The average Bonchev–Trinajstić information content (AvgIpc) is 2.22. The van der Waals surface area contributed by atoms with Crippen LogP contribution in [0.2, 0.25) is 0 Å². The largest absolute Gasteiger partial charge is 0.394 e. The molecule has 4 nitrogen and oxygen atoms in total. The lowest BCUT2D eigenvalue weighted by Crippen LogP contribution is -2.42. The van der Waals surface area contributed by atoms with Gasteiger partial charge in [0, 0.05) is 5.69 Å². The zero-order valence-corrected chi connectivity index (χ0v) is 8.80. The van der Waals surface area contributed by atoms with E-state index in [0.29, 0.717) is 5.69 Å². The minimum atomic E-state index is -0.313. The smallest absolute Gasteiger partial charge is 0.187 e. The molecule has 0 bridgehead atoms. The third-order valence-electron chi connectivity index (χ3n) is 1.70. The van der Waals surface area contributed by atoms with Gasteiger partial charge in [0.1, 0.15) is 5.82 Å². The zero-order valence-electron chi connectivity index (χ0n) is 7.98. The summed E-state index contributed by atoms with van der Waals surface area (Å²) in [4.78, 5) is 0. The van der Waals surface area contributed by atoms with Crippen LogP contribution < -0.4 is 11.2 Å². The van der Waals surface area contributed by atoms with Crippen LogP contribution in [-0.4, -0.2) is 28.4 Å². The molecule has 0 amide bonds. The molecule has 82 valence electrons. The number of halogens is 1. The van der Waals surface area contributed by atoms with Gasteiger partial charge in [-0.1, -0.05) is 0 Å². The molecule has 0 aliphatic carbocycles. The minimum Gasteiger partial charge on any atom is -0.394 e. The fourth-order valence-corrected chi connectivity index (χ4v) is 1.15. The first kappa shape index (κ1) is 11.8. The Morgan fingerprint density at radius 1 is 1.47 bits per heavy atom. The minimum absolute atomic E-state index is 0.0816. The monoisotopic (exact) mass is 229 g/mol. The molecule has 15 heavy (non-hydrogen) atoms. The van der Waals surface area contributed by atoms with Gasteiger partial charge in [-0.2, -0.15) is 0 Å². The summed E-state index contributed by atoms with van der Waals surface area (Å²) in [6, 6.07) is 5.73. The number of aliphatic hydroxyl groups excluding tert-OH is 1. The third kappa shape index (κ3) is 3.78. The van der Waals surface area contributed by atoms with Crippen LogP contribution in [0.15, 0.2) is 24.3 Å². The molecule has 0 unspecified atom stereocenters. The lowest BCUT2D eigenvalue weighted by Gasteiger charge is -2.19. The standard InChI is InChI=1S/C9H12FN3OS/c10-7-1-3-8(4-2-7)12-9(15)13(11)5-6-14/h1-4,14H,5-6,11H2,(H,12,15). The summed E-state index contributed by atoms with van der Waals surface area (Å²) < 4.78 is 12.6. The third-order valence-corrected chi connectivity index (χ3v) is 2.03. The Labute approximate surface area is 92.5 Å². The van der Waals surface area contributed by atoms with Gasteiger partial charge in [0.05, 0.1) is 13.2 Å². The lowest BCUT2D eigenvalue weighted by atomic mass is 10.3. The number of nitrogens with zero attached hydrogens (tertiary/aromatic N) is 1. The number of hydrogen-bond donors (Lipinski definition) is 3. The van der Waals surface area contributed by atoms with Crippen molar-refractivity contribution in [2.24, 2.45) is 5.84 Å². The van der Waals surface area contributed by atoms with Gasteiger partial charge in [0.2, 0.25) is 0 Å². The molecule has 1 aromatic carbocycles. The number of nitrogens with one attached hydrogen (secondary N) is 1. The SMILES string of the molecule is NN(CCO)C(=S)Nc1ccc(F)cc1. The molecule has 0 aromatic heterocycles. The summed E-state index contributed by atoms with van der Waals surface area (Å²) in [6.07, 6.45) is 0. The molecule has 0 aliphatic rings. The highest BCUT2D eigenvalue weighted by molar-refractivity contribution is 7.80. The summed E-state index contributed by atoms with van der Waals surface area (Å²) in [5, 5.41) is 12.9. The fourth-order valence-electron chi connectivity index (χ4n) is 0.938. The van der Waals surface area contributed by atoms with Crippen molar-refractivity contribution in [3.63, 3.8) is 0 Å². The van der Waals surface area contributed by atoms with E-state index in [1.165, 1.54) is 17.1 Å². The van der Waals surface area contributed by atoms with Crippen LogP contribution in [0.4, 0.5) is 10.1 Å². The van der Waals surface area contributed by atoms with E-state index in [2.05, 4.69) is 5.32 Å². The Morgan fingerprint density at radius 3 is 2.60 bits per heavy atom. The van der Waals surface area contributed by atoms with E-state index in [4.69, 9.17) is 23.2 Å². The molecule has 0 saturated carbocycles. The molecule has 1 rings (SSSR count). The molecule has 0 aliphatic heterocycles. The van der Waals surface area contributed by atoms with Crippen LogP contribution >= 0.6 is 12.2 Å². The molecule has 0 spiro atoms. The maximum atomic E-state index is 12.6. The highest BCUT2D eigenvalue weighted by Crippen LogP contribution is 2.08. The predicted octanol–water partition coefficient (Wildman–Crippen LogP) is 0.691. The van der Waals surface area contributed by atoms with Crippen LogP contribution in [0.1, 0.15) is 0 Å². The second kappa shape index (κ2) is 5.59. The maximum Gasteiger partial charge on any atom is 0.187 e.